The van der Waals surface area contributed by atoms with E-state index in [1.807, 2.05) is 0 Å². The van der Waals surface area contributed by atoms with Crippen molar-refractivity contribution in [3.8, 4) is 0 Å². The molecule has 0 radical (unpaired) electrons. The molecule has 0 spiro atoms. The fourth-order valence-corrected chi connectivity index (χ4v) is 14.5. The molecule has 0 aliphatic heterocycles. The summed E-state index contributed by atoms with van der Waals surface area (Å²) in [4.78, 5) is 73.1. The van der Waals surface area contributed by atoms with E-state index < -0.39 is 97.5 Å². The molecular formula is C83H162O17P2. The summed E-state index contributed by atoms with van der Waals surface area (Å²) < 4.78 is 68.8. The second-order valence-electron chi connectivity index (χ2n) is 30.3. The molecule has 0 bridgehead atoms. The van der Waals surface area contributed by atoms with Crippen molar-refractivity contribution in [2.75, 3.05) is 39.6 Å². The number of unbranched alkanes of at least 4 members (excludes halogenated alkanes) is 55. The monoisotopic (exact) mass is 1490 g/mol. The smallest absolute Gasteiger partial charge is 0.462 e. The summed E-state index contributed by atoms with van der Waals surface area (Å²) in [6.07, 6.45) is 68.1. The van der Waals surface area contributed by atoms with Crippen LogP contribution in [0.2, 0.25) is 0 Å². The Morgan fingerprint density at radius 1 is 0.265 bits per heavy atom. The summed E-state index contributed by atoms with van der Waals surface area (Å²) in [5.41, 5.74) is 0. The summed E-state index contributed by atoms with van der Waals surface area (Å²) in [6.45, 7) is 7.31. The molecule has 0 saturated heterocycles. The first-order valence-corrected chi connectivity index (χ1v) is 46.1. The average Bonchev–Trinajstić information content (AvgIpc) is 0.927. The van der Waals surface area contributed by atoms with Crippen molar-refractivity contribution in [2.45, 2.75) is 464 Å². The van der Waals surface area contributed by atoms with Crippen molar-refractivity contribution < 1.29 is 80.2 Å². The molecule has 3 N–H and O–H groups in total. The lowest BCUT2D eigenvalue weighted by molar-refractivity contribution is -0.161. The molecule has 5 atom stereocenters. The molecule has 0 aromatic rings. The van der Waals surface area contributed by atoms with Crippen LogP contribution in [0.3, 0.4) is 0 Å². The third kappa shape index (κ3) is 76.3. The molecule has 17 nitrogen and oxygen atoms in total. The lowest BCUT2D eigenvalue weighted by atomic mass is 10.0. The van der Waals surface area contributed by atoms with Gasteiger partial charge in [-0.1, -0.05) is 394 Å². The maximum atomic E-state index is 13.1. The number of carbonyl (C=O) groups excluding carboxylic acids is 4. The van der Waals surface area contributed by atoms with Gasteiger partial charge in [-0.2, -0.15) is 0 Å². The predicted octanol–water partition coefficient (Wildman–Crippen LogP) is 25.2. The number of ether oxygens (including phenoxy) is 4. The molecule has 0 saturated carbocycles. The second kappa shape index (κ2) is 75.9. The molecule has 0 aliphatic rings. The lowest BCUT2D eigenvalue weighted by Crippen LogP contribution is -2.30. The van der Waals surface area contributed by atoms with Crippen LogP contribution in [0.25, 0.3) is 0 Å². The van der Waals surface area contributed by atoms with E-state index in [9.17, 15) is 43.2 Å². The largest absolute Gasteiger partial charge is 0.472 e. The van der Waals surface area contributed by atoms with Crippen LogP contribution in [0, 0.1) is 5.92 Å². The van der Waals surface area contributed by atoms with Crippen LogP contribution in [0.4, 0.5) is 0 Å². The number of hydrogen-bond donors (Lipinski definition) is 3. The number of esters is 4. The van der Waals surface area contributed by atoms with E-state index in [-0.39, 0.29) is 25.7 Å². The highest BCUT2D eigenvalue weighted by atomic mass is 31.2. The number of aliphatic hydroxyl groups excluding tert-OH is 1. The van der Waals surface area contributed by atoms with Gasteiger partial charge in [-0.05, 0) is 31.6 Å². The van der Waals surface area contributed by atoms with E-state index in [0.717, 1.165) is 95.8 Å². The quantitative estimate of drug-likeness (QED) is 0.0222. The third-order valence-corrected chi connectivity index (χ3v) is 21.4. The van der Waals surface area contributed by atoms with Crippen LogP contribution in [0.1, 0.15) is 446 Å². The van der Waals surface area contributed by atoms with Crippen molar-refractivity contribution in [2.24, 2.45) is 5.92 Å². The minimum Gasteiger partial charge on any atom is -0.462 e. The van der Waals surface area contributed by atoms with Crippen molar-refractivity contribution in [3.05, 3.63) is 0 Å². The van der Waals surface area contributed by atoms with Gasteiger partial charge in [-0.15, -0.1) is 0 Å². The molecular weight excluding hydrogens is 1330 g/mol. The Morgan fingerprint density at radius 3 is 0.667 bits per heavy atom. The van der Waals surface area contributed by atoms with Gasteiger partial charge in [0.2, 0.25) is 0 Å². The van der Waals surface area contributed by atoms with Gasteiger partial charge >= 0.3 is 39.5 Å². The maximum absolute atomic E-state index is 13.1. The molecule has 0 aromatic carbocycles. The van der Waals surface area contributed by atoms with Gasteiger partial charge in [-0.25, -0.2) is 9.13 Å². The minimum atomic E-state index is -4.96. The number of hydrogen-bond acceptors (Lipinski definition) is 15. The van der Waals surface area contributed by atoms with Gasteiger partial charge in [-0.3, -0.25) is 37.3 Å². The molecule has 102 heavy (non-hydrogen) atoms. The van der Waals surface area contributed by atoms with E-state index in [1.54, 1.807) is 0 Å². The zero-order chi connectivity index (χ0) is 74.8. The Labute approximate surface area is 626 Å². The summed E-state index contributed by atoms with van der Waals surface area (Å²) in [6, 6.07) is 0. The molecule has 19 heteroatoms. The molecule has 0 fully saturated rings. The Morgan fingerprint density at radius 2 is 0.451 bits per heavy atom. The Balaban J connectivity index is 5.21. The van der Waals surface area contributed by atoms with Gasteiger partial charge in [0, 0.05) is 25.7 Å². The average molecular weight is 1490 g/mol. The fraction of sp³-hybridized carbons (Fsp3) is 0.952. The highest BCUT2D eigenvalue weighted by Crippen LogP contribution is 2.45. The van der Waals surface area contributed by atoms with Crippen molar-refractivity contribution in [1.82, 2.24) is 0 Å². The second-order valence-corrected chi connectivity index (χ2v) is 33.3. The van der Waals surface area contributed by atoms with Gasteiger partial charge in [0.05, 0.1) is 26.4 Å². The number of aliphatic hydroxyl groups is 1. The van der Waals surface area contributed by atoms with Crippen LogP contribution < -0.4 is 0 Å². The summed E-state index contributed by atoms with van der Waals surface area (Å²) >= 11 is 0. The third-order valence-electron chi connectivity index (χ3n) is 19.5. The van der Waals surface area contributed by atoms with E-state index in [0.29, 0.717) is 25.7 Å². The SMILES string of the molecule is CCCCCCCCCCCCCCCCCCCCCCCCC(=O)O[C@H](COC(=O)CCCCCCCCCCCCCCCCCC)COP(=O)(O)OC[C@@H](O)COP(=O)(O)OC[C@@H](COC(=O)CCCCCCCCCCC(C)C)OC(=O)CCCCCCCCCCCCCCC. The number of rotatable bonds is 83. The molecule has 0 amide bonds. The van der Waals surface area contributed by atoms with E-state index in [4.69, 9.17) is 37.0 Å². The Hall–Kier alpha value is -1.94. The molecule has 0 rings (SSSR count). The molecule has 0 aliphatic carbocycles. The van der Waals surface area contributed by atoms with Crippen LogP contribution in [-0.2, 0) is 65.4 Å². The zero-order valence-corrected chi connectivity index (χ0v) is 68.5. The zero-order valence-electron chi connectivity index (χ0n) is 66.8. The molecule has 0 aromatic heterocycles. The summed E-state index contributed by atoms with van der Waals surface area (Å²) in [5.74, 6) is -1.38. The highest BCUT2D eigenvalue weighted by molar-refractivity contribution is 7.47. The molecule has 2 unspecified atom stereocenters. The maximum Gasteiger partial charge on any atom is 0.472 e. The summed E-state index contributed by atoms with van der Waals surface area (Å²) in [5, 5.41) is 10.7. The highest BCUT2D eigenvalue weighted by Gasteiger charge is 2.30. The normalized spacial score (nSPS) is 13.8. The van der Waals surface area contributed by atoms with E-state index >= 15 is 0 Å². The van der Waals surface area contributed by atoms with Crippen molar-refractivity contribution in [1.29, 1.82) is 0 Å². The van der Waals surface area contributed by atoms with Gasteiger partial charge in [0.25, 0.3) is 0 Å². The standard InChI is InChI=1S/C83H162O17P2/c1-6-9-12-15-18-21-24-27-29-31-32-33-34-35-36-38-41-44-47-54-59-64-69-83(88)99-78(72-93-80(85)66-61-56-51-45-42-40-37-30-28-25-22-19-16-13-10-7-2)74-97-101(89,90)95-70-77(84)71-96-102(91,92)98-75-79(73-94-81(86)67-62-57-52-49-48-50-55-60-65-76(4)5)100-82(87)68-63-58-53-46-43-39-26-23-20-17-14-11-8-3/h76-79,84H,6-75H2,1-5H3,(H,89,90)(H,91,92)/t77-,78-,79-/m1/s1. The minimum absolute atomic E-state index is 0.108. The number of carbonyl (C=O) groups is 4. The lowest BCUT2D eigenvalue weighted by Gasteiger charge is -2.21. The van der Waals surface area contributed by atoms with Crippen LogP contribution in [0.15, 0.2) is 0 Å². The van der Waals surface area contributed by atoms with Gasteiger partial charge in [0.1, 0.15) is 19.3 Å². The Bertz CT molecular complexity index is 1940. The van der Waals surface area contributed by atoms with Crippen LogP contribution in [-0.4, -0.2) is 96.7 Å². The fourth-order valence-electron chi connectivity index (χ4n) is 12.9. The topological polar surface area (TPSA) is 237 Å². The van der Waals surface area contributed by atoms with Gasteiger partial charge in [0.15, 0.2) is 12.2 Å². The van der Waals surface area contributed by atoms with E-state index in [2.05, 4.69) is 34.6 Å². The van der Waals surface area contributed by atoms with Crippen LogP contribution in [0.5, 0.6) is 0 Å². The first-order valence-electron chi connectivity index (χ1n) is 43.1. The molecule has 0 heterocycles. The van der Waals surface area contributed by atoms with Crippen molar-refractivity contribution in [3.63, 3.8) is 0 Å². The van der Waals surface area contributed by atoms with Crippen LogP contribution >= 0.6 is 15.6 Å². The van der Waals surface area contributed by atoms with Gasteiger partial charge < -0.3 is 33.8 Å². The summed E-state index contributed by atoms with van der Waals surface area (Å²) in [7, 11) is -9.92. The van der Waals surface area contributed by atoms with Crippen molar-refractivity contribution >= 4 is 39.5 Å². The number of phosphoric ester groups is 2. The van der Waals surface area contributed by atoms with E-state index in [1.165, 1.54) is 270 Å². The Kier molecular flexibility index (Phi) is 74.4. The predicted molar refractivity (Wildman–Crippen MR) is 418 cm³/mol. The first kappa shape index (κ1) is 100. The number of phosphoric acid groups is 2. The molecule has 606 valence electrons. The first-order chi connectivity index (χ1) is 49.5.